The van der Waals surface area contributed by atoms with E-state index in [1.807, 2.05) is 47.4 Å². The van der Waals surface area contributed by atoms with Crippen LogP contribution >= 0.6 is 0 Å². The van der Waals surface area contributed by atoms with E-state index in [4.69, 9.17) is 0 Å². The minimum atomic E-state index is -0.732. The smallest absolute Gasteiger partial charge is 0.237 e. The molecule has 1 fully saturated rings. The van der Waals surface area contributed by atoms with Crippen molar-refractivity contribution in [3.05, 3.63) is 54.1 Å². The van der Waals surface area contributed by atoms with Gasteiger partial charge in [0.05, 0.1) is 11.3 Å². The van der Waals surface area contributed by atoms with Crippen LogP contribution in [0.5, 0.6) is 0 Å². The largest absolute Gasteiger partial charge is 0.312 e. The average molecular weight is 364 g/mol. The fourth-order valence-electron chi connectivity index (χ4n) is 4.48. The van der Waals surface area contributed by atoms with E-state index in [2.05, 4.69) is 11.4 Å². The monoisotopic (exact) mass is 364 g/mol. The van der Waals surface area contributed by atoms with Gasteiger partial charge in [-0.1, -0.05) is 55.3 Å². The summed E-state index contributed by atoms with van der Waals surface area (Å²) < 4.78 is 0. The average Bonchev–Trinajstić information content (AvgIpc) is 3.21. The van der Waals surface area contributed by atoms with Crippen LogP contribution in [0.15, 0.2) is 48.6 Å². The highest BCUT2D eigenvalue weighted by Crippen LogP contribution is 2.42. The van der Waals surface area contributed by atoms with E-state index in [-0.39, 0.29) is 17.7 Å². The van der Waals surface area contributed by atoms with Gasteiger partial charge in [-0.15, -0.1) is 0 Å². The zero-order chi connectivity index (χ0) is 18.9. The summed E-state index contributed by atoms with van der Waals surface area (Å²) in [5, 5.41) is 2.46. The summed E-state index contributed by atoms with van der Waals surface area (Å²) in [6.07, 6.45) is 11.9. The lowest BCUT2D eigenvalue weighted by atomic mass is 9.71. The van der Waals surface area contributed by atoms with Gasteiger partial charge in [0.2, 0.25) is 17.7 Å². The summed E-state index contributed by atoms with van der Waals surface area (Å²) in [5.41, 5.74) is 1.55. The lowest BCUT2D eigenvalue weighted by Gasteiger charge is -2.28. The Morgan fingerprint density at radius 1 is 1.15 bits per heavy atom. The number of para-hydroxylation sites is 1. The van der Waals surface area contributed by atoms with Gasteiger partial charge in [-0.2, -0.15) is 0 Å². The summed E-state index contributed by atoms with van der Waals surface area (Å²) in [5.74, 6) is -0.616. The second kappa shape index (κ2) is 7.14. The molecule has 0 saturated carbocycles. The van der Waals surface area contributed by atoms with Crippen LogP contribution in [0.1, 0.15) is 37.7 Å². The topological polar surface area (TPSA) is 66.5 Å². The van der Waals surface area contributed by atoms with Gasteiger partial charge in [0.25, 0.3) is 0 Å². The van der Waals surface area contributed by atoms with Crippen LogP contribution < -0.4 is 10.2 Å². The molecule has 2 unspecified atom stereocenters. The number of carbonyl (C=O) groups excluding carboxylic acids is 3. The molecule has 0 aromatic heterocycles. The maximum absolute atomic E-state index is 12.5. The van der Waals surface area contributed by atoms with Crippen molar-refractivity contribution in [1.29, 1.82) is 0 Å². The molecule has 2 atom stereocenters. The first-order chi connectivity index (χ1) is 13.1. The number of nitrogens with zero attached hydrogens (tertiary/aromatic N) is 1. The number of hydrogen-bond acceptors (Lipinski definition) is 3. The van der Waals surface area contributed by atoms with Crippen molar-refractivity contribution in [2.75, 3.05) is 11.4 Å². The highest BCUT2D eigenvalue weighted by atomic mass is 16.2. The molecule has 0 radical (unpaired) electrons. The van der Waals surface area contributed by atoms with Gasteiger partial charge in [0.15, 0.2) is 0 Å². The Bertz CT molecular complexity index is 842. The SMILES string of the molecule is O=C1NC(=O)C2(CCCCCC(=O)N3CCc4ccccc43)C=CC=CC12. The van der Waals surface area contributed by atoms with Gasteiger partial charge >= 0.3 is 0 Å². The van der Waals surface area contributed by atoms with Crippen molar-refractivity contribution in [2.24, 2.45) is 11.3 Å². The first kappa shape index (κ1) is 17.7. The predicted octanol–water partition coefficient (Wildman–Crippen LogP) is 2.91. The molecule has 1 N–H and O–H groups in total. The normalized spacial score (nSPS) is 25.5. The number of benzene rings is 1. The molecule has 2 heterocycles. The van der Waals surface area contributed by atoms with Crippen molar-refractivity contribution in [3.63, 3.8) is 0 Å². The van der Waals surface area contributed by atoms with Crippen LogP contribution in [-0.4, -0.2) is 24.3 Å². The Hall–Kier alpha value is -2.69. The lowest BCUT2D eigenvalue weighted by molar-refractivity contribution is -0.127. The third-order valence-electron chi connectivity index (χ3n) is 5.97. The number of allylic oxidation sites excluding steroid dienone is 2. The molecule has 4 rings (SSSR count). The highest BCUT2D eigenvalue weighted by Gasteiger charge is 2.52. The van der Waals surface area contributed by atoms with Crippen molar-refractivity contribution in [3.8, 4) is 0 Å². The summed E-state index contributed by atoms with van der Waals surface area (Å²) in [6.45, 7) is 0.766. The number of anilines is 1. The molecule has 1 aromatic carbocycles. The molecule has 140 valence electrons. The molecule has 5 heteroatoms. The summed E-state index contributed by atoms with van der Waals surface area (Å²) in [4.78, 5) is 38.7. The van der Waals surface area contributed by atoms with Crippen LogP contribution in [0.25, 0.3) is 0 Å². The number of amides is 3. The standard InChI is InChI=1S/C22H24N2O3/c25-19(24-15-12-16-8-3-4-10-18(16)24)11-2-1-6-13-22-14-7-5-9-17(22)20(26)23-21(22)27/h3-5,7-10,14,17H,1-2,6,11-13,15H2,(H,23,26,27). The van der Waals surface area contributed by atoms with Gasteiger partial charge in [-0.25, -0.2) is 0 Å². The number of rotatable bonds is 6. The lowest BCUT2D eigenvalue weighted by Crippen LogP contribution is -2.33. The van der Waals surface area contributed by atoms with E-state index in [1.165, 1.54) is 5.56 Å². The summed E-state index contributed by atoms with van der Waals surface area (Å²) in [6, 6.07) is 8.08. The number of nitrogens with one attached hydrogen (secondary N) is 1. The second-order valence-electron chi connectivity index (χ2n) is 7.57. The Morgan fingerprint density at radius 2 is 2.00 bits per heavy atom. The van der Waals surface area contributed by atoms with Crippen LogP contribution in [0.4, 0.5) is 5.69 Å². The van der Waals surface area contributed by atoms with Gasteiger partial charge in [-0.3, -0.25) is 19.7 Å². The van der Waals surface area contributed by atoms with Crippen LogP contribution in [0.2, 0.25) is 0 Å². The maximum Gasteiger partial charge on any atom is 0.237 e. The molecule has 3 aliphatic rings. The minimum absolute atomic E-state index is 0.172. The van der Waals surface area contributed by atoms with Gasteiger partial charge in [0, 0.05) is 18.7 Å². The fraction of sp³-hybridized carbons (Fsp3) is 0.409. The molecule has 1 aliphatic carbocycles. The van der Waals surface area contributed by atoms with E-state index >= 15 is 0 Å². The highest BCUT2D eigenvalue weighted by molar-refractivity contribution is 6.09. The molecule has 3 amide bonds. The molecule has 27 heavy (non-hydrogen) atoms. The third-order valence-corrected chi connectivity index (χ3v) is 5.97. The van der Waals surface area contributed by atoms with Gasteiger partial charge in [-0.05, 0) is 30.9 Å². The maximum atomic E-state index is 12.5. The zero-order valence-electron chi connectivity index (χ0n) is 15.3. The molecule has 0 spiro atoms. The third kappa shape index (κ3) is 3.11. The Balaban J connectivity index is 1.27. The van der Waals surface area contributed by atoms with Crippen molar-refractivity contribution < 1.29 is 14.4 Å². The van der Waals surface area contributed by atoms with Crippen molar-refractivity contribution >= 4 is 23.4 Å². The van der Waals surface area contributed by atoms with Crippen LogP contribution in [0, 0.1) is 11.3 Å². The molecular formula is C22H24N2O3. The van der Waals surface area contributed by atoms with Crippen molar-refractivity contribution in [1.82, 2.24) is 5.32 Å². The van der Waals surface area contributed by atoms with Gasteiger partial charge in [0.1, 0.15) is 0 Å². The molecule has 1 saturated heterocycles. The molecule has 0 bridgehead atoms. The number of fused-ring (bicyclic) bond motifs is 2. The van der Waals surface area contributed by atoms with E-state index in [1.54, 1.807) is 0 Å². The summed E-state index contributed by atoms with van der Waals surface area (Å²) >= 11 is 0. The molecule has 1 aromatic rings. The first-order valence-electron chi connectivity index (χ1n) is 9.71. The summed E-state index contributed by atoms with van der Waals surface area (Å²) in [7, 11) is 0. The molecule has 5 nitrogen and oxygen atoms in total. The molecular weight excluding hydrogens is 340 g/mol. The van der Waals surface area contributed by atoms with Crippen LogP contribution in [0.3, 0.4) is 0 Å². The van der Waals surface area contributed by atoms with Crippen molar-refractivity contribution in [2.45, 2.75) is 38.5 Å². The molecule has 2 aliphatic heterocycles. The van der Waals surface area contributed by atoms with E-state index in [0.29, 0.717) is 12.8 Å². The Kier molecular flexibility index (Phi) is 4.68. The van der Waals surface area contributed by atoms with Crippen LogP contribution in [-0.2, 0) is 20.8 Å². The first-order valence-corrected chi connectivity index (χ1v) is 9.71. The van der Waals surface area contributed by atoms with E-state index in [9.17, 15) is 14.4 Å². The number of hydrogen-bond donors (Lipinski definition) is 1. The second-order valence-corrected chi connectivity index (χ2v) is 7.57. The zero-order valence-corrected chi connectivity index (χ0v) is 15.3. The predicted molar refractivity (Wildman–Crippen MR) is 103 cm³/mol. The van der Waals surface area contributed by atoms with E-state index < -0.39 is 11.3 Å². The Labute approximate surface area is 159 Å². The van der Waals surface area contributed by atoms with E-state index in [0.717, 1.165) is 37.9 Å². The fourth-order valence-corrected chi connectivity index (χ4v) is 4.48. The quantitative estimate of drug-likeness (QED) is 0.623. The number of imide groups is 1. The Morgan fingerprint density at radius 3 is 2.89 bits per heavy atom. The number of carbonyl (C=O) groups is 3. The number of unbranched alkanes of at least 4 members (excludes halogenated alkanes) is 2. The van der Waals surface area contributed by atoms with Gasteiger partial charge < -0.3 is 4.90 Å². The minimum Gasteiger partial charge on any atom is -0.312 e.